The van der Waals surface area contributed by atoms with E-state index >= 15 is 0 Å². The van der Waals surface area contributed by atoms with Crippen molar-refractivity contribution in [1.29, 1.82) is 0 Å². The van der Waals surface area contributed by atoms with E-state index in [-0.39, 0.29) is 5.41 Å². The van der Waals surface area contributed by atoms with Gasteiger partial charge in [0, 0.05) is 21.7 Å². The van der Waals surface area contributed by atoms with Crippen molar-refractivity contribution in [3.63, 3.8) is 0 Å². The molecule has 5 heteroatoms. The molecule has 3 aliphatic carbocycles. The molecule has 2 unspecified atom stereocenters. The molecule has 0 amide bonds. The van der Waals surface area contributed by atoms with E-state index in [1.54, 1.807) is 0 Å². The van der Waals surface area contributed by atoms with Crippen LogP contribution in [-0.2, 0) is 11.8 Å². The molecule has 3 aromatic heterocycles. The van der Waals surface area contributed by atoms with Gasteiger partial charge in [0.25, 0.3) is 0 Å². The summed E-state index contributed by atoms with van der Waals surface area (Å²) in [6.45, 7) is 0. The Kier molecular flexibility index (Phi) is 8.20. The van der Waals surface area contributed by atoms with Crippen LogP contribution < -0.4 is 0 Å². The van der Waals surface area contributed by atoms with Gasteiger partial charge in [-0.2, -0.15) is 15.0 Å². The molecule has 0 spiro atoms. The van der Waals surface area contributed by atoms with Crippen LogP contribution in [0.3, 0.4) is 0 Å². The van der Waals surface area contributed by atoms with Crippen LogP contribution in [-0.4, -0.2) is 24.1 Å². The molecule has 11 rings (SSSR count). The third kappa shape index (κ3) is 5.40. The second kappa shape index (κ2) is 13.9. The number of aromatic nitrogens is 5. The first kappa shape index (κ1) is 33.7. The van der Waals surface area contributed by atoms with E-state index in [1.165, 1.54) is 44.8 Å². The minimum Gasteiger partial charge on any atom is -0.278 e. The number of hydrogen-bond acceptors (Lipinski definition) is 3. The number of allylic oxidation sites excluding steroid dienone is 7. The molecule has 57 heavy (non-hydrogen) atoms. The third-order valence-corrected chi connectivity index (χ3v) is 12.5. The fraction of sp³-hybridized carbons (Fsp3) is 0.173. The van der Waals surface area contributed by atoms with Gasteiger partial charge in [-0.05, 0) is 103 Å². The molecule has 276 valence electrons. The van der Waals surface area contributed by atoms with Crippen LogP contribution in [0.15, 0.2) is 169 Å². The maximum Gasteiger partial charge on any atom is 0.240 e. The molecule has 0 fully saturated rings. The minimum atomic E-state index is -0.378. The highest BCUT2D eigenvalue weighted by Crippen LogP contribution is 2.51. The predicted octanol–water partition coefficient (Wildman–Crippen LogP) is 12.5. The molecule has 0 saturated heterocycles. The number of nitrogens with zero attached hydrogens (tertiary/aromatic N) is 5. The highest BCUT2D eigenvalue weighted by atomic mass is 15.3. The third-order valence-electron chi connectivity index (χ3n) is 12.5. The van der Waals surface area contributed by atoms with Crippen molar-refractivity contribution in [3.05, 3.63) is 192 Å². The lowest BCUT2D eigenvalue weighted by Gasteiger charge is -2.44. The maximum atomic E-state index is 5.45. The molecule has 0 radical (unpaired) electrons. The number of para-hydroxylation sites is 3. The molecule has 0 N–H and O–H groups in total. The van der Waals surface area contributed by atoms with Crippen LogP contribution in [0.1, 0.15) is 60.9 Å². The summed E-state index contributed by atoms with van der Waals surface area (Å²) in [6, 6.07) is 46.1. The Morgan fingerprint density at radius 1 is 0.544 bits per heavy atom. The first-order valence-electron chi connectivity index (χ1n) is 20.5. The molecule has 3 heterocycles. The van der Waals surface area contributed by atoms with E-state index < -0.39 is 0 Å². The van der Waals surface area contributed by atoms with Crippen molar-refractivity contribution in [3.8, 4) is 23.3 Å². The first-order valence-corrected chi connectivity index (χ1v) is 20.5. The average Bonchev–Trinajstić information content (AvgIpc) is 3.81. The molecular formula is C52H43N5. The topological polar surface area (TPSA) is 48.5 Å². The average molecular weight is 738 g/mol. The van der Waals surface area contributed by atoms with Crippen LogP contribution in [0.25, 0.3) is 62.1 Å². The Morgan fingerprint density at radius 3 is 1.93 bits per heavy atom. The maximum absolute atomic E-state index is 5.45. The lowest BCUT2D eigenvalue weighted by molar-refractivity contribution is 0.395. The summed E-state index contributed by atoms with van der Waals surface area (Å²) in [5, 5.41) is 3.60. The molecule has 5 aromatic carbocycles. The summed E-state index contributed by atoms with van der Waals surface area (Å²) in [5.41, 5.74) is 10.3. The molecule has 0 bridgehead atoms. The van der Waals surface area contributed by atoms with Crippen LogP contribution in [0, 0.1) is 5.92 Å². The molecule has 8 aromatic rings. The van der Waals surface area contributed by atoms with Gasteiger partial charge in [0.05, 0.1) is 27.7 Å². The van der Waals surface area contributed by atoms with Crippen molar-refractivity contribution in [1.82, 2.24) is 24.1 Å². The lowest BCUT2D eigenvalue weighted by Crippen LogP contribution is -2.38. The van der Waals surface area contributed by atoms with Crippen LogP contribution in [0.2, 0.25) is 0 Å². The molecule has 0 aliphatic heterocycles. The van der Waals surface area contributed by atoms with Crippen molar-refractivity contribution in [2.75, 3.05) is 0 Å². The SMILES string of the molecule is C1=CC(C(c2ccccc2)(c2cccc(-c3nc(-n4c5c(c6ccccc64)CCC=C5)nc(-n4c5ccccc5c5ccccc54)n3)c2)C2C=CCCC2)=CCC1. The van der Waals surface area contributed by atoms with E-state index in [2.05, 4.69) is 179 Å². The lowest BCUT2D eigenvalue weighted by atomic mass is 9.58. The van der Waals surface area contributed by atoms with Gasteiger partial charge in [-0.1, -0.05) is 140 Å². The normalized spacial score (nSPS) is 17.5. The zero-order valence-electron chi connectivity index (χ0n) is 31.9. The monoisotopic (exact) mass is 737 g/mol. The summed E-state index contributed by atoms with van der Waals surface area (Å²) in [4.78, 5) is 16.3. The molecule has 5 nitrogen and oxygen atoms in total. The van der Waals surface area contributed by atoms with Gasteiger partial charge in [-0.15, -0.1) is 0 Å². The molecule has 3 aliphatic rings. The van der Waals surface area contributed by atoms with Crippen molar-refractivity contribution in [2.24, 2.45) is 5.92 Å². The number of rotatable bonds is 7. The summed E-state index contributed by atoms with van der Waals surface area (Å²) < 4.78 is 4.47. The molecule has 0 saturated carbocycles. The standard InChI is InChI=1S/C52H43N5/c1-4-20-37(21-5-1)52(38-22-6-2-7-23-38,39-24-8-3-9-25-39)40-26-18-19-36(35-40)49-53-50(56-45-31-14-10-27-41(45)42-28-11-15-32-46(42)56)55-51(54-49)57-47-33-16-12-29-43(47)44-30-13-17-34-48(44)57/h1,4-6,8,10-12,14-24,26-29,31-35,39H,2-3,7,9,13,25,30H2. The van der Waals surface area contributed by atoms with Crippen molar-refractivity contribution < 1.29 is 0 Å². The number of hydrogen-bond donors (Lipinski definition) is 0. The fourth-order valence-corrected chi connectivity index (χ4v) is 10.0. The van der Waals surface area contributed by atoms with Crippen LogP contribution in [0.4, 0.5) is 0 Å². The summed E-state index contributed by atoms with van der Waals surface area (Å²) in [7, 11) is 0. The number of fused-ring (bicyclic) bond motifs is 6. The summed E-state index contributed by atoms with van der Waals surface area (Å²) in [5.74, 6) is 2.17. The van der Waals surface area contributed by atoms with E-state index in [0.29, 0.717) is 23.6 Å². The Labute approximate surface area is 333 Å². The Bertz CT molecular complexity index is 2900. The number of aryl methyl sites for hydroxylation is 1. The van der Waals surface area contributed by atoms with Gasteiger partial charge in [-0.3, -0.25) is 9.13 Å². The second-order valence-corrected chi connectivity index (χ2v) is 15.6. The zero-order chi connectivity index (χ0) is 37.8. The molecule has 2 atom stereocenters. The minimum absolute atomic E-state index is 0.296. The summed E-state index contributed by atoms with van der Waals surface area (Å²) >= 11 is 0. The largest absolute Gasteiger partial charge is 0.278 e. The van der Waals surface area contributed by atoms with Gasteiger partial charge in [0.2, 0.25) is 11.9 Å². The summed E-state index contributed by atoms with van der Waals surface area (Å²) in [6.07, 6.45) is 24.2. The van der Waals surface area contributed by atoms with Crippen molar-refractivity contribution >= 4 is 38.8 Å². The van der Waals surface area contributed by atoms with Crippen molar-refractivity contribution in [2.45, 2.75) is 50.4 Å². The smallest absolute Gasteiger partial charge is 0.240 e. The second-order valence-electron chi connectivity index (χ2n) is 15.6. The molecular weight excluding hydrogens is 695 g/mol. The Morgan fingerprint density at radius 2 is 1.21 bits per heavy atom. The van der Waals surface area contributed by atoms with E-state index in [0.717, 1.165) is 66.3 Å². The van der Waals surface area contributed by atoms with Gasteiger partial charge in [-0.25, -0.2) is 0 Å². The highest BCUT2D eigenvalue weighted by molar-refractivity contribution is 6.09. The zero-order valence-corrected chi connectivity index (χ0v) is 31.9. The Hall–Kier alpha value is -6.59. The van der Waals surface area contributed by atoms with E-state index in [4.69, 9.17) is 15.0 Å². The van der Waals surface area contributed by atoms with Crippen LogP contribution in [0.5, 0.6) is 0 Å². The quantitative estimate of drug-likeness (QED) is 0.153. The fourth-order valence-electron chi connectivity index (χ4n) is 10.0. The van der Waals surface area contributed by atoms with Gasteiger partial charge >= 0.3 is 0 Å². The first-order chi connectivity index (χ1) is 28.3. The Balaban J connectivity index is 1.20. The predicted molar refractivity (Wildman–Crippen MR) is 234 cm³/mol. The van der Waals surface area contributed by atoms with Gasteiger partial charge in [0.1, 0.15) is 0 Å². The van der Waals surface area contributed by atoms with Gasteiger partial charge < -0.3 is 0 Å². The highest BCUT2D eigenvalue weighted by Gasteiger charge is 2.44. The van der Waals surface area contributed by atoms with Gasteiger partial charge in [0.15, 0.2) is 5.82 Å². The van der Waals surface area contributed by atoms with E-state index in [1.807, 2.05) is 0 Å². The number of benzene rings is 5. The van der Waals surface area contributed by atoms with E-state index in [9.17, 15) is 0 Å². The van der Waals surface area contributed by atoms with Crippen LogP contribution >= 0.6 is 0 Å².